The van der Waals surface area contributed by atoms with Gasteiger partial charge in [-0.25, -0.2) is 12.8 Å². The van der Waals surface area contributed by atoms with Crippen molar-refractivity contribution in [1.29, 1.82) is 0 Å². The van der Waals surface area contributed by atoms with Crippen LogP contribution in [0.5, 0.6) is 0 Å². The highest BCUT2D eigenvalue weighted by Gasteiger charge is 2.22. The van der Waals surface area contributed by atoms with Gasteiger partial charge in [-0.1, -0.05) is 24.3 Å². The molecular weight excluding hydrogens is 471 g/mol. The van der Waals surface area contributed by atoms with Crippen molar-refractivity contribution in [3.05, 3.63) is 90.4 Å². The first-order valence-electron chi connectivity index (χ1n) is 10.7. The number of halogens is 1. The monoisotopic (exact) mass is 494 g/mol. The maximum absolute atomic E-state index is 13.4. The normalized spacial score (nSPS) is 12.2. The van der Waals surface area contributed by atoms with E-state index >= 15 is 0 Å². The number of amides is 2. The number of para-hydroxylation sites is 1. The van der Waals surface area contributed by atoms with Crippen LogP contribution in [0.15, 0.2) is 83.9 Å². The number of nitrogens with one attached hydrogen (secondary N) is 4. The molecule has 0 radical (unpaired) electrons. The van der Waals surface area contributed by atoms with Crippen LogP contribution in [0.2, 0.25) is 0 Å². The van der Waals surface area contributed by atoms with Gasteiger partial charge in [0.25, 0.3) is 10.0 Å². The van der Waals surface area contributed by atoms with Gasteiger partial charge in [0.2, 0.25) is 11.8 Å². The molecule has 0 aliphatic rings. The number of sulfonamides is 1. The topological polar surface area (TPSA) is 120 Å². The number of carbonyl (C=O) groups excluding carboxylic acids is 2. The van der Waals surface area contributed by atoms with Gasteiger partial charge in [-0.3, -0.25) is 14.3 Å². The van der Waals surface area contributed by atoms with Crippen LogP contribution in [0.1, 0.15) is 12.5 Å². The Morgan fingerprint density at radius 3 is 2.43 bits per heavy atom. The van der Waals surface area contributed by atoms with Crippen molar-refractivity contribution in [2.45, 2.75) is 24.3 Å². The summed E-state index contributed by atoms with van der Waals surface area (Å²) < 4.78 is 40.8. The van der Waals surface area contributed by atoms with E-state index in [0.29, 0.717) is 5.69 Å². The van der Waals surface area contributed by atoms with Gasteiger partial charge in [-0.2, -0.15) is 0 Å². The minimum atomic E-state index is -3.95. The Bertz CT molecular complexity index is 1480. The molecule has 35 heavy (non-hydrogen) atoms. The fraction of sp³-hybridized carbons (Fsp3) is 0.120. The number of carbonyl (C=O) groups is 2. The number of aromatic nitrogens is 1. The van der Waals surface area contributed by atoms with Crippen LogP contribution in [0.25, 0.3) is 10.9 Å². The summed E-state index contributed by atoms with van der Waals surface area (Å²) in [5.41, 5.74) is 2.25. The molecular formula is C25H23FN4O4S. The van der Waals surface area contributed by atoms with Crippen molar-refractivity contribution in [1.82, 2.24) is 10.3 Å². The van der Waals surface area contributed by atoms with E-state index in [1.54, 1.807) is 6.20 Å². The molecule has 0 fully saturated rings. The van der Waals surface area contributed by atoms with E-state index in [1.807, 2.05) is 24.3 Å². The van der Waals surface area contributed by atoms with Gasteiger partial charge < -0.3 is 15.6 Å². The average molecular weight is 495 g/mol. The lowest BCUT2D eigenvalue weighted by atomic mass is 10.0. The number of hydrogen-bond acceptors (Lipinski definition) is 4. The van der Waals surface area contributed by atoms with Gasteiger partial charge in [-0.05, 0) is 54.1 Å². The molecule has 1 aromatic heterocycles. The summed E-state index contributed by atoms with van der Waals surface area (Å²) >= 11 is 0. The van der Waals surface area contributed by atoms with Crippen molar-refractivity contribution in [3.8, 4) is 0 Å². The Morgan fingerprint density at radius 1 is 0.971 bits per heavy atom. The van der Waals surface area contributed by atoms with Gasteiger partial charge >= 0.3 is 0 Å². The number of H-pyrrole nitrogens is 1. The van der Waals surface area contributed by atoms with Crippen LogP contribution in [0, 0.1) is 5.82 Å². The quantitative estimate of drug-likeness (QED) is 0.298. The fourth-order valence-corrected chi connectivity index (χ4v) is 4.74. The van der Waals surface area contributed by atoms with Crippen molar-refractivity contribution < 1.29 is 22.4 Å². The van der Waals surface area contributed by atoms with E-state index in [1.165, 1.54) is 49.4 Å². The van der Waals surface area contributed by atoms with Gasteiger partial charge in [0, 0.05) is 36.1 Å². The van der Waals surface area contributed by atoms with Crippen LogP contribution in [0.4, 0.5) is 15.8 Å². The first kappa shape index (κ1) is 24.0. The number of rotatable bonds is 8. The number of aromatic amines is 1. The Hall–Kier alpha value is -4.18. The first-order valence-corrected chi connectivity index (χ1v) is 12.2. The predicted octanol–water partition coefficient (Wildman–Crippen LogP) is 3.79. The molecule has 180 valence electrons. The van der Waals surface area contributed by atoms with Crippen molar-refractivity contribution in [2.24, 2.45) is 0 Å². The van der Waals surface area contributed by atoms with Crippen LogP contribution in [-0.4, -0.2) is 31.3 Å². The minimum absolute atomic E-state index is 0.0584. The van der Waals surface area contributed by atoms with Gasteiger partial charge in [0.05, 0.1) is 10.6 Å². The molecule has 4 rings (SSSR count). The highest BCUT2D eigenvalue weighted by Crippen LogP contribution is 2.21. The SMILES string of the molecule is CC(=O)NC(Cc1c[nH]c2ccccc12)C(=O)Nc1ccc(S(=O)(=O)Nc2cccc(F)c2)cc1. The Kier molecular flexibility index (Phi) is 6.83. The molecule has 0 saturated carbocycles. The van der Waals surface area contributed by atoms with Crippen molar-refractivity contribution in [3.63, 3.8) is 0 Å². The molecule has 0 bridgehead atoms. The molecule has 0 spiro atoms. The number of hydrogen-bond donors (Lipinski definition) is 4. The molecule has 0 aliphatic carbocycles. The largest absolute Gasteiger partial charge is 0.361 e. The van der Waals surface area contributed by atoms with E-state index in [4.69, 9.17) is 0 Å². The molecule has 1 atom stereocenters. The second kappa shape index (κ2) is 9.98. The highest BCUT2D eigenvalue weighted by atomic mass is 32.2. The smallest absolute Gasteiger partial charge is 0.261 e. The second-order valence-electron chi connectivity index (χ2n) is 7.95. The zero-order valence-electron chi connectivity index (χ0n) is 18.7. The van der Waals surface area contributed by atoms with Gasteiger partial charge in [-0.15, -0.1) is 0 Å². The standard InChI is InChI=1S/C25H23FN4O4S/c1-16(31)28-24(13-17-15-27-23-8-3-2-7-22(17)23)25(32)29-19-9-11-21(12-10-19)35(33,34)30-20-6-4-5-18(26)14-20/h2-12,14-15,24,27,30H,13H2,1H3,(H,28,31)(H,29,32). The molecule has 1 unspecified atom stereocenters. The molecule has 0 aliphatic heterocycles. The summed E-state index contributed by atoms with van der Waals surface area (Å²) in [6.07, 6.45) is 2.07. The lowest BCUT2D eigenvalue weighted by Crippen LogP contribution is -2.44. The Morgan fingerprint density at radius 2 is 1.71 bits per heavy atom. The summed E-state index contributed by atoms with van der Waals surface area (Å²) in [5, 5.41) is 6.34. The highest BCUT2D eigenvalue weighted by molar-refractivity contribution is 7.92. The molecule has 4 N–H and O–H groups in total. The number of fused-ring (bicyclic) bond motifs is 1. The lowest BCUT2D eigenvalue weighted by Gasteiger charge is -2.18. The van der Waals surface area contributed by atoms with Gasteiger partial charge in [0.1, 0.15) is 11.9 Å². The number of benzene rings is 3. The fourth-order valence-electron chi connectivity index (χ4n) is 3.69. The maximum atomic E-state index is 13.4. The predicted molar refractivity (Wildman–Crippen MR) is 132 cm³/mol. The van der Waals surface area contributed by atoms with Crippen LogP contribution >= 0.6 is 0 Å². The number of anilines is 2. The third kappa shape index (κ3) is 5.85. The summed E-state index contributed by atoms with van der Waals surface area (Å²) in [6.45, 7) is 1.33. The van der Waals surface area contributed by atoms with Crippen molar-refractivity contribution in [2.75, 3.05) is 10.0 Å². The van der Waals surface area contributed by atoms with Crippen LogP contribution < -0.4 is 15.4 Å². The summed E-state index contributed by atoms with van der Waals surface area (Å²) in [4.78, 5) is 27.8. The maximum Gasteiger partial charge on any atom is 0.261 e. The molecule has 2 amide bonds. The third-order valence-electron chi connectivity index (χ3n) is 5.30. The van der Waals surface area contributed by atoms with Crippen molar-refractivity contribution >= 4 is 44.1 Å². The van der Waals surface area contributed by atoms with E-state index in [0.717, 1.165) is 22.5 Å². The molecule has 0 saturated heterocycles. The van der Waals surface area contributed by atoms with Crippen LogP contribution in [-0.2, 0) is 26.0 Å². The minimum Gasteiger partial charge on any atom is -0.361 e. The van der Waals surface area contributed by atoms with E-state index in [-0.39, 0.29) is 22.9 Å². The Labute approximate surface area is 201 Å². The van der Waals surface area contributed by atoms with E-state index in [2.05, 4.69) is 20.3 Å². The summed E-state index contributed by atoms with van der Waals surface area (Å²) in [6, 6.07) is 17.4. The third-order valence-corrected chi connectivity index (χ3v) is 6.70. The molecule has 10 heteroatoms. The molecule has 1 heterocycles. The summed E-state index contributed by atoms with van der Waals surface area (Å²) in [5.74, 6) is -1.36. The zero-order chi connectivity index (χ0) is 25.0. The summed E-state index contributed by atoms with van der Waals surface area (Å²) in [7, 11) is -3.95. The Balaban J connectivity index is 1.47. The molecule has 3 aromatic carbocycles. The lowest BCUT2D eigenvalue weighted by molar-refractivity contribution is -0.125. The van der Waals surface area contributed by atoms with Crippen LogP contribution in [0.3, 0.4) is 0 Å². The second-order valence-corrected chi connectivity index (χ2v) is 9.63. The molecule has 8 nitrogen and oxygen atoms in total. The van der Waals surface area contributed by atoms with Gasteiger partial charge in [0.15, 0.2) is 0 Å². The average Bonchev–Trinajstić information content (AvgIpc) is 3.21. The zero-order valence-corrected chi connectivity index (χ0v) is 19.5. The van der Waals surface area contributed by atoms with E-state index in [9.17, 15) is 22.4 Å². The first-order chi connectivity index (χ1) is 16.7. The van der Waals surface area contributed by atoms with E-state index < -0.39 is 27.8 Å². The molecule has 4 aromatic rings.